The molecule has 122 valence electrons. The number of nitrogens with one attached hydrogen (secondary N) is 1. The van der Waals surface area contributed by atoms with Gasteiger partial charge in [0.2, 0.25) is 0 Å². The third-order valence-electron chi connectivity index (χ3n) is 4.53. The number of piperazine rings is 1. The predicted molar refractivity (Wildman–Crippen MR) is 96.0 cm³/mol. The fraction of sp³-hybridized carbons (Fsp3) is 0.368. The Bertz CT molecular complexity index is 659. The van der Waals surface area contributed by atoms with Crippen molar-refractivity contribution in [3.63, 3.8) is 0 Å². The smallest absolute Gasteiger partial charge is 0.123 e. The molecular formula is C19H22BrFN2. The topological polar surface area (TPSA) is 15.3 Å². The molecule has 0 saturated carbocycles. The molecule has 1 heterocycles. The van der Waals surface area contributed by atoms with Gasteiger partial charge in [-0.2, -0.15) is 0 Å². The molecule has 1 aliphatic heterocycles. The molecule has 0 aliphatic carbocycles. The van der Waals surface area contributed by atoms with Gasteiger partial charge in [0.1, 0.15) is 5.82 Å². The molecule has 1 saturated heterocycles. The molecule has 0 spiro atoms. The predicted octanol–water partition coefficient (Wildman–Crippen LogP) is 4.36. The first-order valence-electron chi connectivity index (χ1n) is 8.05. The van der Waals surface area contributed by atoms with Crippen molar-refractivity contribution in [2.24, 2.45) is 0 Å². The average Bonchev–Trinajstić information content (AvgIpc) is 2.54. The number of nitrogens with zero attached hydrogens (tertiary/aromatic N) is 1. The molecule has 2 nitrogen and oxygen atoms in total. The van der Waals surface area contributed by atoms with Gasteiger partial charge in [-0.1, -0.05) is 46.3 Å². The van der Waals surface area contributed by atoms with Gasteiger partial charge < -0.3 is 5.32 Å². The largest absolute Gasteiger partial charge is 0.311 e. The van der Waals surface area contributed by atoms with Gasteiger partial charge in [-0.25, -0.2) is 4.39 Å². The maximum atomic E-state index is 13.4. The first-order valence-corrected chi connectivity index (χ1v) is 8.84. The van der Waals surface area contributed by atoms with Gasteiger partial charge >= 0.3 is 0 Å². The summed E-state index contributed by atoms with van der Waals surface area (Å²) in [6.07, 6.45) is 0. The quantitative estimate of drug-likeness (QED) is 0.855. The second-order valence-electron chi connectivity index (χ2n) is 6.33. The van der Waals surface area contributed by atoms with Gasteiger partial charge in [0.25, 0.3) is 0 Å². The van der Waals surface area contributed by atoms with E-state index in [-0.39, 0.29) is 11.9 Å². The molecule has 1 fully saturated rings. The van der Waals surface area contributed by atoms with Crippen molar-refractivity contribution in [3.8, 4) is 0 Å². The molecule has 0 radical (unpaired) electrons. The van der Waals surface area contributed by atoms with E-state index in [9.17, 15) is 4.39 Å². The van der Waals surface area contributed by atoms with Gasteiger partial charge in [-0.05, 0) is 43.2 Å². The van der Waals surface area contributed by atoms with Gasteiger partial charge in [0, 0.05) is 29.6 Å². The Morgan fingerprint density at radius 3 is 2.52 bits per heavy atom. The van der Waals surface area contributed by atoms with Crippen LogP contribution in [0.15, 0.2) is 53.0 Å². The zero-order valence-corrected chi connectivity index (χ0v) is 15.1. The molecule has 2 aromatic carbocycles. The minimum Gasteiger partial charge on any atom is -0.311 e. The van der Waals surface area contributed by atoms with Crippen LogP contribution in [0.25, 0.3) is 0 Å². The van der Waals surface area contributed by atoms with Crippen molar-refractivity contribution in [1.82, 2.24) is 10.2 Å². The lowest BCUT2D eigenvalue weighted by molar-refractivity contribution is 0.113. The van der Waals surface area contributed by atoms with Gasteiger partial charge in [0.15, 0.2) is 0 Å². The van der Waals surface area contributed by atoms with Crippen LogP contribution in [0, 0.1) is 5.82 Å². The molecule has 2 aromatic rings. The third-order valence-corrected chi connectivity index (χ3v) is 5.25. The summed E-state index contributed by atoms with van der Waals surface area (Å²) in [6, 6.07) is 16.2. The van der Waals surface area contributed by atoms with Crippen molar-refractivity contribution in [1.29, 1.82) is 0 Å². The number of benzene rings is 2. The van der Waals surface area contributed by atoms with Crippen molar-refractivity contribution in [2.45, 2.75) is 32.0 Å². The van der Waals surface area contributed by atoms with Crippen LogP contribution in [0.5, 0.6) is 0 Å². The highest BCUT2D eigenvalue weighted by Gasteiger charge is 2.31. The van der Waals surface area contributed by atoms with Crippen LogP contribution in [-0.4, -0.2) is 30.1 Å². The first-order chi connectivity index (χ1) is 11.1. The summed E-state index contributed by atoms with van der Waals surface area (Å²) in [6.45, 7) is 6.38. The van der Waals surface area contributed by atoms with E-state index >= 15 is 0 Å². The van der Waals surface area contributed by atoms with Crippen molar-refractivity contribution >= 4 is 15.9 Å². The van der Waals surface area contributed by atoms with Gasteiger partial charge in [-0.15, -0.1) is 0 Å². The summed E-state index contributed by atoms with van der Waals surface area (Å²) >= 11 is 3.69. The summed E-state index contributed by atoms with van der Waals surface area (Å²) in [5.74, 6) is -0.193. The van der Waals surface area contributed by atoms with E-state index in [1.54, 1.807) is 12.1 Å². The molecule has 23 heavy (non-hydrogen) atoms. The van der Waals surface area contributed by atoms with Crippen molar-refractivity contribution in [2.75, 3.05) is 13.1 Å². The minimum absolute atomic E-state index is 0.116. The Hall–Kier alpha value is -1.23. The van der Waals surface area contributed by atoms with Crippen LogP contribution in [0.4, 0.5) is 4.39 Å². The fourth-order valence-electron chi connectivity index (χ4n) is 3.30. The number of rotatable bonds is 3. The molecule has 1 aliphatic rings. The molecular weight excluding hydrogens is 355 g/mol. The maximum Gasteiger partial charge on any atom is 0.123 e. The number of hydrogen-bond donors (Lipinski definition) is 1. The zero-order chi connectivity index (χ0) is 16.4. The SMILES string of the molecule is C[C@@H]1CN[C@@H](C)CN1C(c1ccc(F)cc1)c1ccccc1Br. The lowest BCUT2D eigenvalue weighted by Gasteiger charge is -2.43. The number of halogens is 2. The van der Waals surface area contributed by atoms with Crippen LogP contribution in [0.3, 0.4) is 0 Å². The highest BCUT2D eigenvalue weighted by Crippen LogP contribution is 2.35. The second kappa shape index (κ2) is 7.12. The molecule has 3 rings (SSSR count). The lowest BCUT2D eigenvalue weighted by atomic mass is 9.94. The Labute approximate surface area is 145 Å². The van der Waals surface area contributed by atoms with Crippen LogP contribution in [-0.2, 0) is 0 Å². The normalized spacial score (nSPS) is 23.7. The molecule has 0 bridgehead atoms. The van der Waals surface area contributed by atoms with Crippen molar-refractivity contribution < 1.29 is 4.39 Å². The highest BCUT2D eigenvalue weighted by atomic mass is 79.9. The van der Waals surface area contributed by atoms with Crippen molar-refractivity contribution in [3.05, 3.63) is 69.9 Å². The van der Waals surface area contributed by atoms with Gasteiger partial charge in [-0.3, -0.25) is 4.90 Å². The van der Waals surface area contributed by atoms with Crippen LogP contribution in [0.2, 0.25) is 0 Å². The summed E-state index contributed by atoms with van der Waals surface area (Å²) in [5.41, 5.74) is 2.35. The molecule has 0 aromatic heterocycles. The summed E-state index contributed by atoms with van der Waals surface area (Å²) in [4.78, 5) is 2.51. The molecule has 1 N–H and O–H groups in total. The molecule has 0 amide bonds. The van der Waals surface area contributed by atoms with Crippen LogP contribution in [0.1, 0.15) is 31.0 Å². The average molecular weight is 377 g/mol. The number of hydrogen-bond acceptors (Lipinski definition) is 2. The van der Waals surface area contributed by atoms with Gasteiger partial charge in [0.05, 0.1) is 6.04 Å². The summed E-state index contributed by atoms with van der Waals surface area (Å²) in [5, 5.41) is 3.53. The van der Waals surface area contributed by atoms with Crippen LogP contribution < -0.4 is 5.32 Å². The van der Waals surface area contributed by atoms with E-state index in [1.807, 2.05) is 18.2 Å². The Morgan fingerprint density at radius 2 is 1.83 bits per heavy atom. The zero-order valence-electron chi connectivity index (χ0n) is 13.5. The monoisotopic (exact) mass is 376 g/mol. The van der Waals surface area contributed by atoms with E-state index in [1.165, 1.54) is 5.56 Å². The van der Waals surface area contributed by atoms with E-state index in [4.69, 9.17) is 0 Å². The second-order valence-corrected chi connectivity index (χ2v) is 7.19. The minimum atomic E-state index is -0.193. The summed E-state index contributed by atoms with van der Waals surface area (Å²) < 4.78 is 14.5. The maximum absolute atomic E-state index is 13.4. The highest BCUT2D eigenvalue weighted by molar-refractivity contribution is 9.10. The van der Waals surface area contributed by atoms with E-state index in [0.717, 1.165) is 23.1 Å². The molecule has 4 heteroatoms. The Kier molecular flexibility index (Phi) is 5.14. The standard InChI is InChI=1S/C19H22BrFN2/c1-13-12-23(14(2)11-22-13)19(15-7-9-16(21)10-8-15)17-5-3-4-6-18(17)20/h3-10,13-14,19,22H,11-12H2,1-2H3/t13-,14+,19?/m0/s1. The first kappa shape index (κ1) is 16.6. The van der Waals surface area contributed by atoms with E-state index < -0.39 is 0 Å². The Morgan fingerprint density at radius 1 is 1.13 bits per heavy atom. The third kappa shape index (κ3) is 3.65. The lowest BCUT2D eigenvalue weighted by Crippen LogP contribution is -2.55. The van der Waals surface area contributed by atoms with E-state index in [2.05, 4.69) is 58.2 Å². The Balaban J connectivity index is 2.06. The van der Waals surface area contributed by atoms with E-state index in [0.29, 0.717) is 12.1 Å². The van der Waals surface area contributed by atoms with Crippen LogP contribution >= 0.6 is 15.9 Å². The molecule has 1 unspecified atom stereocenters. The fourth-order valence-corrected chi connectivity index (χ4v) is 3.80. The molecule has 3 atom stereocenters. The summed E-state index contributed by atoms with van der Waals surface area (Å²) in [7, 11) is 0.